The maximum atomic E-state index is 8.67. The van der Waals surface area contributed by atoms with Gasteiger partial charge >= 0.3 is 0 Å². The van der Waals surface area contributed by atoms with E-state index in [4.69, 9.17) is 5.26 Å². The van der Waals surface area contributed by atoms with Gasteiger partial charge in [0.15, 0.2) is 0 Å². The van der Waals surface area contributed by atoms with Crippen molar-refractivity contribution in [3.63, 3.8) is 0 Å². The van der Waals surface area contributed by atoms with Crippen LogP contribution in [0.4, 0.5) is 0 Å². The number of rotatable bonds is 4. The van der Waals surface area contributed by atoms with Crippen LogP contribution in [-0.2, 0) is 0 Å². The maximum absolute atomic E-state index is 8.67. The zero-order valence-electron chi connectivity index (χ0n) is 11.4. The van der Waals surface area contributed by atoms with Gasteiger partial charge in [-0.05, 0) is 30.5 Å². The van der Waals surface area contributed by atoms with E-state index >= 15 is 0 Å². The highest BCUT2D eigenvalue weighted by Gasteiger charge is 2.07. The number of hydrogen-bond donors (Lipinski definition) is 0. The van der Waals surface area contributed by atoms with Crippen LogP contribution in [0.15, 0.2) is 60.7 Å². The molecule has 0 radical (unpaired) electrons. The van der Waals surface area contributed by atoms with Gasteiger partial charge in [0.25, 0.3) is 0 Å². The minimum Gasteiger partial charge on any atom is -0.198 e. The van der Waals surface area contributed by atoms with Crippen LogP contribution in [-0.4, -0.2) is 0 Å². The first-order chi connectivity index (χ1) is 9.90. The molecule has 0 saturated carbocycles. The van der Waals surface area contributed by atoms with Gasteiger partial charge in [0.05, 0.1) is 6.07 Å². The Kier molecular flexibility index (Phi) is 5.44. The minimum atomic E-state index is 0.199. The molecule has 1 nitrogen and oxygen atoms in total. The fourth-order valence-corrected chi connectivity index (χ4v) is 2.08. The molecule has 0 aromatic heterocycles. The lowest BCUT2D eigenvalue weighted by Gasteiger charge is -2.09. The standard InChI is InChI=1S/C19H17N/c20-16-8-7-13-19(18-11-5-2-6-12-18)15-14-17-9-3-1-4-10-17/h1-6,9-12,19H,7-8,13H2/t19-/m0/s1. The van der Waals surface area contributed by atoms with Crippen molar-refractivity contribution in [2.45, 2.75) is 25.2 Å². The van der Waals surface area contributed by atoms with E-state index in [0.717, 1.165) is 18.4 Å². The summed E-state index contributed by atoms with van der Waals surface area (Å²) in [6, 6.07) is 22.5. The Labute approximate surface area is 120 Å². The molecule has 1 atom stereocenters. The van der Waals surface area contributed by atoms with Crippen molar-refractivity contribution >= 4 is 0 Å². The van der Waals surface area contributed by atoms with Crippen LogP contribution in [0.25, 0.3) is 0 Å². The predicted molar refractivity (Wildman–Crippen MR) is 82.0 cm³/mol. The molecule has 0 saturated heterocycles. The minimum absolute atomic E-state index is 0.199. The average Bonchev–Trinajstić information content (AvgIpc) is 2.52. The van der Waals surface area contributed by atoms with Gasteiger partial charge < -0.3 is 0 Å². The monoisotopic (exact) mass is 259 g/mol. The number of nitriles is 1. The zero-order valence-corrected chi connectivity index (χ0v) is 11.4. The molecular weight excluding hydrogens is 242 g/mol. The van der Waals surface area contributed by atoms with Crippen molar-refractivity contribution < 1.29 is 0 Å². The number of unbranched alkanes of at least 4 members (excludes halogenated alkanes) is 1. The molecule has 0 unspecified atom stereocenters. The molecule has 0 N–H and O–H groups in total. The second-order valence-corrected chi connectivity index (χ2v) is 4.65. The Hall–Kier alpha value is -2.51. The van der Waals surface area contributed by atoms with Crippen molar-refractivity contribution in [3.8, 4) is 17.9 Å². The second-order valence-electron chi connectivity index (χ2n) is 4.65. The Morgan fingerprint density at radius 1 is 0.900 bits per heavy atom. The van der Waals surface area contributed by atoms with Gasteiger partial charge in [-0.1, -0.05) is 60.4 Å². The third-order valence-electron chi connectivity index (χ3n) is 3.15. The molecule has 98 valence electrons. The molecule has 0 heterocycles. The van der Waals surface area contributed by atoms with Crippen molar-refractivity contribution in [3.05, 3.63) is 71.8 Å². The molecule has 2 rings (SSSR count). The summed E-state index contributed by atoms with van der Waals surface area (Å²) in [5.41, 5.74) is 2.27. The summed E-state index contributed by atoms with van der Waals surface area (Å²) < 4.78 is 0. The van der Waals surface area contributed by atoms with Crippen molar-refractivity contribution in [1.29, 1.82) is 5.26 Å². The highest BCUT2D eigenvalue weighted by atomic mass is 14.2. The molecule has 1 heteroatoms. The SMILES string of the molecule is N#CCCC[C@@H](C#Cc1ccccc1)c1ccccc1. The fourth-order valence-electron chi connectivity index (χ4n) is 2.08. The molecule has 2 aromatic carbocycles. The van der Waals surface area contributed by atoms with Crippen LogP contribution in [0.1, 0.15) is 36.3 Å². The maximum Gasteiger partial charge on any atom is 0.0621 e. The molecule has 0 aliphatic carbocycles. The summed E-state index contributed by atoms with van der Waals surface area (Å²) >= 11 is 0. The third kappa shape index (κ3) is 4.30. The van der Waals surface area contributed by atoms with Crippen LogP contribution < -0.4 is 0 Å². The zero-order chi connectivity index (χ0) is 14.0. The molecular formula is C19H17N. The van der Waals surface area contributed by atoms with E-state index in [9.17, 15) is 0 Å². The van der Waals surface area contributed by atoms with E-state index in [-0.39, 0.29) is 5.92 Å². The summed E-state index contributed by atoms with van der Waals surface area (Å²) in [6.07, 6.45) is 2.41. The van der Waals surface area contributed by atoms with E-state index in [1.54, 1.807) is 0 Å². The Balaban J connectivity index is 2.15. The van der Waals surface area contributed by atoms with E-state index < -0.39 is 0 Å². The molecule has 0 bridgehead atoms. The van der Waals surface area contributed by atoms with Crippen molar-refractivity contribution in [1.82, 2.24) is 0 Å². The quantitative estimate of drug-likeness (QED) is 0.585. The van der Waals surface area contributed by atoms with Crippen LogP contribution >= 0.6 is 0 Å². The fraction of sp³-hybridized carbons (Fsp3) is 0.211. The van der Waals surface area contributed by atoms with E-state index in [1.165, 1.54) is 5.56 Å². The predicted octanol–water partition coefficient (Wildman–Crippen LogP) is 4.52. The Morgan fingerprint density at radius 3 is 2.20 bits per heavy atom. The molecule has 0 amide bonds. The highest BCUT2D eigenvalue weighted by Crippen LogP contribution is 2.21. The van der Waals surface area contributed by atoms with Gasteiger partial charge in [-0.2, -0.15) is 5.26 Å². The van der Waals surface area contributed by atoms with Gasteiger partial charge in [0.2, 0.25) is 0 Å². The van der Waals surface area contributed by atoms with Crippen LogP contribution in [0.5, 0.6) is 0 Å². The molecule has 0 aliphatic heterocycles. The van der Waals surface area contributed by atoms with E-state index in [2.05, 4.69) is 30.0 Å². The summed E-state index contributed by atoms with van der Waals surface area (Å²) in [4.78, 5) is 0. The van der Waals surface area contributed by atoms with Crippen molar-refractivity contribution in [2.24, 2.45) is 0 Å². The van der Waals surface area contributed by atoms with Gasteiger partial charge in [-0.3, -0.25) is 0 Å². The Bertz CT molecular complexity index is 612. The number of benzene rings is 2. The number of nitrogens with zero attached hydrogens (tertiary/aromatic N) is 1. The smallest absolute Gasteiger partial charge is 0.0621 e. The summed E-state index contributed by atoms with van der Waals surface area (Å²) in [6.45, 7) is 0. The van der Waals surface area contributed by atoms with Gasteiger partial charge in [0, 0.05) is 17.9 Å². The molecule has 0 spiro atoms. The first-order valence-corrected chi connectivity index (χ1v) is 6.88. The summed E-state index contributed by atoms with van der Waals surface area (Å²) in [7, 11) is 0. The van der Waals surface area contributed by atoms with Gasteiger partial charge in [-0.25, -0.2) is 0 Å². The lowest BCUT2D eigenvalue weighted by atomic mass is 9.94. The largest absolute Gasteiger partial charge is 0.198 e. The van der Waals surface area contributed by atoms with Gasteiger partial charge in [-0.15, -0.1) is 0 Å². The van der Waals surface area contributed by atoms with Crippen molar-refractivity contribution in [2.75, 3.05) is 0 Å². The lowest BCUT2D eigenvalue weighted by Crippen LogP contribution is -1.96. The van der Waals surface area contributed by atoms with Crippen LogP contribution in [0, 0.1) is 23.2 Å². The van der Waals surface area contributed by atoms with E-state index in [1.807, 2.05) is 48.5 Å². The first-order valence-electron chi connectivity index (χ1n) is 6.88. The first kappa shape index (κ1) is 13.9. The average molecular weight is 259 g/mol. The van der Waals surface area contributed by atoms with Crippen LogP contribution in [0.2, 0.25) is 0 Å². The second kappa shape index (κ2) is 7.82. The summed E-state index contributed by atoms with van der Waals surface area (Å²) in [5.74, 6) is 6.79. The third-order valence-corrected chi connectivity index (χ3v) is 3.15. The van der Waals surface area contributed by atoms with E-state index in [0.29, 0.717) is 6.42 Å². The normalized spacial score (nSPS) is 10.9. The molecule has 0 fully saturated rings. The number of hydrogen-bond acceptors (Lipinski definition) is 1. The molecule has 2 aromatic rings. The van der Waals surface area contributed by atoms with Crippen LogP contribution in [0.3, 0.4) is 0 Å². The van der Waals surface area contributed by atoms with Gasteiger partial charge in [0.1, 0.15) is 0 Å². The molecule has 20 heavy (non-hydrogen) atoms. The topological polar surface area (TPSA) is 23.8 Å². The highest BCUT2D eigenvalue weighted by molar-refractivity contribution is 5.37. The Morgan fingerprint density at radius 2 is 1.55 bits per heavy atom. The lowest BCUT2D eigenvalue weighted by molar-refractivity contribution is 0.702. The molecule has 0 aliphatic rings. The summed E-state index contributed by atoms with van der Waals surface area (Å²) in [5, 5.41) is 8.67.